The maximum atomic E-state index is 12.1. The summed E-state index contributed by atoms with van der Waals surface area (Å²) in [5, 5.41) is 0. The molecule has 0 spiro atoms. The predicted molar refractivity (Wildman–Crippen MR) is 105 cm³/mol. The van der Waals surface area contributed by atoms with Crippen LogP contribution in [0.3, 0.4) is 0 Å². The summed E-state index contributed by atoms with van der Waals surface area (Å²) in [5.74, 6) is 0.595. The lowest BCUT2D eigenvalue weighted by atomic mass is 9.86. The van der Waals surface area contributed by atoms with Crippen LogP contribution in [0.1, 0.15) is 70.8 Å². The quantitative estimate of drug-likeness (QED) is 0.263. The molecule has 1 rings (SSSR count). The van der Waals surface area contributed by atoms with E-state index in [4.69, 9.17) is 13.9 Å². The van der Waals surface area contributed by atoms with Gasteiger partial charge in [0.1, 0.15) is 5.75 Å². The van der Waals surface area contributed by atoms with E-state index in [0.29, 0.717) is 6.42 Å². The number of benzene rings is 1. The summed E-state index contributed by atoms with van der Waals surface area (Å²) in [6.07, 6.45) is 2.76. The van der Waals surface area contributed by atoms with Crippen LogP contribution in [0.15, 0.2) is 18.2 Å². The van der Waals surface area contributed by atoms with Crippen molar-refractivity contribution >= 4 is 15.0 Å². The number of esters is 1. The standard InChI is InChI=1S/C20H34O4Si/c1-8-9-10-11-18(21)23-19(24-25(6)7)15-12-13-16(20(2,3)4)17(14-15)22-5/h12-14,19,25H,8-11H2,1-7H3. The van der Waals surface area contributed by atoms with Crippen LogP contribution >= 0.6 is 0 Å². The van der Waals surface area contributed by atoms with E-state index >= 15 is 0 Å². The van der Waals surface area contributed by atoms with Gasteiger partial charge in [-0.25, -0.2) is 0 Å². The number of rotatable bonds is 9. The van der Waals surface area contributed by atoms with Crippen LogP contribution in [0, 0.1) is 0 Å². The van der Waals surface area contributed by atoms with Crippen molar-refractivity contribution in [2.24, 2.45) is 0 Å². The van der Waals surface area contributed by atoms with Crippen molar-refractivity contribution < 1.29 is 18.7 Å². The average molecular weight is 367 g/mol. The summed E-state index contributed by atoms with van der Waals surface area (Å²) in [6.45, 7) is 12.7. The lowest BCUT2D eigenvalue weighted by Crippen LogP contribution is -2.20. The molecular weight excluding hydrogens is 332 g/mol. The molecule has 0 aliphatic carbocycles. The molecule has 0 N–H and O–H groups in total. The molecule has 25 heavy (non-hydrogen) atoms. The van der Waals surface area contributed by atoms with Crippen LogP contribution in [-0.4, -0.2) is 22.1 Å². The van der Waals surface area contributed by atoms with E-state index in [2.05, 4.69) is 40.8 Å². The van der Waals surface area contributed by atoms with Crippen molar-refractivity contribution in [1.82, 2.24) is 0 Å². The molecule has 0 amide bonds. The van der Waals surface area contributed by atoms with Gasteiger partial charge in [0.05, 0.1) is 7.11 Å². The molecule has 0 fully saturated rings. The highest BCUT2D eigenvalue weighted by Gasteiger charge is 2.23. The fraction of sp³-hybridized carbons (Fsp3) is 0.650. The van der Waals surface area contributed by atoms with Crippen LogP contribution in [0.4, 0.5) is 0 Å². The number of ether oxygens (including phenoxy) is 2. The molecule has 0 saturated carbocycles. The van der Waals surface area contributed by atoms with E-state index in [-0.39, 0.29) is 11.4 Å². The minimum absolute atomic E-state index is 0.0240. The van der Waals surface area contributed by atoms with Gasteiger partial charge in [-0.3, -0.25) is 4.79 Å². The van der Waals surface area contributed by atoms with E-state index in [1.54, 1.807) is 7.11 Å². The van der Waals surface area contributed by atoms with Gasteiger partial charge in [-0.15, -0.1) is 0 Å². The number of methoxy groups -OCH3 is 1. The van der Waals surface area contributed by atoms with Gasteiger partial charge >= 0.3 is 5.97 Å². The van der Waals surface area contributed by atoms with Gasteiger partial charge in [0, 0.05) is 12.0 Å². The molecule has 142 valence electrons. The summed E-state index contributed by atoms with van der Waals surface area (Å²) in [4.78, 5) is 12.1. The molecule has 5 heteroatoms. The highest BCUT2D eigenvalue weighted by atomic mass is 28.3. The van der Waals surface area contributed by atoms with Crippen molar-refractivity contribution in [2.75, 3.05) is 7.11 Å². The van der Waals surface area contributed by atoms with Gasteiger partial charge in [-0.2, -0.15) is 0 Å². The SMILES string of the molecule is CCCCCC(=O)OC(O[SiH](C)C)c1ccc(C(C)(C)C)c(OC)c1. The zero-order chi connectivity index (χ0) is 19.0. The molecule has 0 radical (unpaired) electrons. The first-order valence-corrected chi connectivity index (χ1v) is 12.0. The van der Waals surface area contributed by atoms with Gasteiger partial charge in [-0.1, -0.05) is 52.7 Å². The zero-order valence-electron chi connectivity index (χ0n) is 16.8. The highest BCUT2D eigenvalue weighted by Crippen LogP contribution is 2.34. The molecule has 0 heterocycles. The summed E-state index contributed by atoms with van der Waals surface area (Å²) in [6, 6.07) is 5.95. The molecule has 0 aromatic heterocycles. The number of carbonyl (C=O) groups excluding carboxylic acids is 1. The molecule has 1 aromatic carbocycles. The Morgan fingerprint density at radius 2 is 1.88 bits per heavy atom. The van der Waals surface area contributed by atoms with Crippen LogP contribution in [0.25, 0.3) is 0 Å². The largest absolute Gasteiger partial charge is 0.496 e. The monoisotopic (exact) mass is 366 g/mol. The van der Waals surface area contributed by atoms with Gasteiger partial charge in [0.15, 0.2) is 9.04 Å². The fourth-order valence-electron chi connectivity index (χ4n) is 2.59. The summed E-state index contributed by atoms with van der Waals surface area (Å²) in [7, 11) is 0.286. The fourth-order valence-corrected chi connectivity index (χ4v) is 3.30. The Morgan fingerprint density at radius 3 is 2.40 bits per heavy atom. The zero-order valence-corrected chi connectivity index (χ0v) is 18.0. The van der Waals surface area contributed by atoms with Gasteiger partial charge in [0.2, 0.25) is 6.29 Å². The number of hydrogen-bond acceptors (Lipinski definition) is 4. The van der Waals surface area contributed by atoms with Gasteiger partial charge in [-0.05, 0) is 36.6 Å². The molecular formula is C20H34O4Si. The number of hydrogen-bond donors (Lipinski definition) is 0. The Kier molecular flexibility index (Phi) is 8.66. The Morgan fingerprint density at radius 1 is 1.20 bits per heavy atom. The smallest absolute Gasteiger partial charge is 0.308 e. The molecule has 0 aliphatic rings. The topological polar surface area (TPSA) is 44.8 Å². The second-order valence-corrected chi connectivity index (χ2v) is 10.0. The van der Waals surface area contributed by atoms with Crippen molar-refractivity contribution in [2.45, 2.75) is 78.2 Å². The Balaban J connectivity index is 3.00. The minimum atomic E-state index is -1.38. The van der Waals surface area contributed by atoms with E-state index in [1.165, 1.54) is 0 Å². The Hall–Kier alpha value is -1.33. The number of unbranched alkanes of at least 4 members (excludes halogenated alkanes) is 2. The van der Waals surface area contributed by atoms with Crippen molar-refractivity contribution in [3.8, 4) is 5.75 Å². The van der Waals surface area contributed by atoms with Crippen LogP contribution in [-0.2, 0) is 19.4 Å². The van der Waals surface area contributed by atoms with Crippen LogP contribution in [0.5, 0.6) is 5.75 Å². The van der Waals surface area contributed by atoms with Crippen molar-refractivity contribution in [1.29, 1.82) is 0 Å². The third-order valence-corrected chi connectivity index (χ3v) is 4.72. The summed E-state index contributed by atoms with van der Waals surface area (Å²) < 4.78 is 17.2. The van der Waals surface area contributed by atoms with Crippen molar-refractivity contribution in [3.05, 3.63) is 29.3 Å². The van der Waals surface area contributed by atoms with E-state index < -0.39 is 15.3 Å². The molecule has 1 aromatic rings. The predicted octanol–water partition coefficient (Wildman–Crippen LogP) is 5.11. The maximum absolute atomic E-state index is 12.1. The molecule has 1 unspecified atom stereocenters. The lowest BCUT2D eigenvalue weighted by Gasteiger charge is -2.25. The van der Waals surface area contributed by atoms with E-state index in [1.807, 2.05) is 18.2 Å². The molecule has 0 saturated heterocycles. The third-order valence-electron chi connectivity index (χ3n) is 3.92. The minimum Gasteiger partial charge on any atom is -0.496 e. The Labute approximate surface area is 154 Å². The maximum Gasteiger partial charge on any atom is 0.308 e. The third kappa shape index (κ3) is 7.20. The highest BCUT2D eigenvalue weighted by molar-refractivity contribution is 6.48. The molecule has 1 atom stereocenters. The van der Waals surface area contributed by atoms with E-state index in [0.717, 1.165) is 36.1 Å². The molecule has 4 nitrogen and oxygen atoms in total. The second-order valence-electron chi connectivity index (χ2n) is 7.67. The first-order chi connectivity index (χ1) is 11.7. The van der Waals surface area contributed by atoms with Crippen molar-refractivity contribution in [3.63, 3.8) is 0 Å². The molecule has 0 bridgehead atoms. The first-order valence-electron chi connectivity index (χ1n) is 9.22. The van der Waals surface area contributed by atoms with Crippen LogP contribution < -0.4 is 4.74 Å². The molecule has 0 aliphatic heterocycles. The summed E-state index contributed by atoms with van der Waals surface area (Å²) in [5.41, 5.74) is 1.92. The first kappa shape index (κ1) is 21.7. The van der Waals surface area contributed by atoms with Gasteiger partial charge < -0.3 is 13.9 Å². The van der Waals surface area contributed by atoms with Crippen LogP contribution in [0.2, 0.25) is 13.1 Å². The van der Waals surface area contributed by atoms with Gasteiger partial charge in [0.25, 0.3) is 0 Å². The van der Waals surface area contributed by atoms with E-state index in [9.17, 15) is 4.79 Å². The normalized spacial score (nSPS) is 13.0. The average Bonchev–Trinajstić information content (AvgIpc) is 2.52. The number of carbonyl (C=O) groups is 1. The summed E-state index contributed by atoms with van der Waals surface area (Å²) >= 11 is 0. The second kappa shape index (κ2) is 9.97. The lowest BCUT2D eigenvalue weighted by molar-refractivity contribution is -0.165. The Bertz CT molecular complexity index is 549.